The van der Waals surface area contributed by atoms with Crippen molar-refractivity contribution in [3.63, 3.8) is 0 Å². The second kappa shape index (κ2) is 6.95. The van der Waals surface area contributed by atoms with Gasteiger partial charge in [-0.15, -0.1) is 0 Å². The Hall–Kier alpha value is -2.16. The van der Waals surface area contributed by atoms with Crippen molar-refractivity contribution in [1.29, 1.82) is 0 Å². The predicted molar refractivity (Wildman–Crippen MR) is 95.7 cm³/mol. The molecule has 4 N–H and O–H groups in total. The highest BCUT2D eigenvalue weighted by atomic mass is 79.9. The molecule has 0 saturated heterocycles. The van der Waals surface area contributed by atoms with Crippen LogP contribution in [0.2, 0.25) is 0 Å². The number of aromatic nitrogens is 1. The number of nitrogens with zero attached hydrogens (tertiary/aromatic N) is 1. The molecule has 1 heterocycles. The van der Waals surface area contributed by atoms with Gasteiger partial charge < -0.3 is 10.1 Å². The van der Waals surface area contributed by atoms with Crippen LogP contribution >= 0.6 is 27.3 Å². The van der Waals surface area contributed by atoms with E-state index in [0.29, 0.717) is 16.6 Å². The third-order valence-corrected chi connectivity index (χ3v) is 4.51. The SMILES string of the molecule is NNc1nc2c(Br)cc(NC(=O)COc3ccccc3)cc2s1. The summed E-state index contributed by atoms with van der Waals surface area (Å²) in [7, 11) is 0. The van der Waals surface area contributed by atoms with E-state index in [9.17, 15) is 4.79 Å². The topological polar surface area (TPSA) is 89.3 Å². The standard InChI is InChI=1S/C15H13BrN4O2S/c16-11-6-9(7-12-14(11)19-15(20-17)23-12)18-13(21)8-22-10-4-2-1-3-5-10/h1-7H,8,17H2,(H,18,21)(H,19,20). The van der Waals surface area contributed by atoms with Crippen molar-refractivity contribution >= 4 is 54.2 Å². The molecule has 0 atom stereocenters. The zero-order valence-electron chi connectivity index (χ0n) is 11.9. The smallest absolute Gasteiger partial charge is 0.262 e. The normalized spacial score (nSPS) is 10.5. The lowest BCUT2D eigenvalue weighted by Gasteiger charge is -2.08. The Morgan fingerprint density at radius 2 is 2.09 bits per heavy atom. The van der Waals surface area contributed by atoms with Crippen LogP contribution in [0.3, 0.4) is 0 Å². The quantitative estimate of drug-likeness (QED) is 0.457. The Morgan fingerprint density at radius 3 is 2.83 bits per heavy atom. The van der Waals surface area contributed by atoms with Gasteiger partial charge in [-0.25, -0.2) is 10.8 Å². The van der Waals surface area contributed by atoms with E-state index in [4.69, 9.17) is 10.6 Å². The minimum absolute atomic E-state index is 0.0576. The Labute approximate surface area is 144 Å². The predicted octanol–water partition coefficient (Wildman–Crippen LogP) is 3.36. The number of anilines is 2. The van der Waals surface area contributed by atoms with E-state index < -0.39 is 0 Å². The Kier molecular flexibility index (Phi) is 4.75. The van der Waals surface area contributed by atoms with Crippen molar-refractivity contribution in [1.82, 2.24) is 4.98 Å². The molecule has 3 rings (SSSR count). The first kappa shape index (κ1) is 15.7. The zero-order chi connectivity index (χ0) is 16.2. The number of rotatable bonds is 5. The molecule has 0 fully saturated rings. The molecule has 0 aliphatic heterocycles. The molecule has 1 aromatic heterocycles. The summed E-state index contributed by atoms with van der Waals surface area (Å²) in [5, 5.41) is 3.41. The molecule has 6 nitrogen and oxygen atoms in total. The third-order valence-electron chi connectivity index (χ3n) is 2.97. The molecular weight excluding hydrogens is 380 g/mol. The van der Waals surface area contributed by atoms with E-state index in [1.165, 1.54) is 11.3 Å². The number of nitrogens with two attached hydrogens (primary N) is 1. The molecule has 0 bridgehead atoms. The van der Waals surface area contributed by atoms with E-state index in [0.717, 1.165) is 14.7 Å². The van der Waals surface area contributed by atoms with Crippen molar-refractivity contribution in [3.8, 4) is 5.75 Å². The molecular formula is C15H13BrN4O2S. The van der Waals surface area contributed by atoms with Crippen LogP contribution in [0.1, 0.15) is 0 Å². The molecule has 0 unspecified atom stereocenters. The van der Waals surface area contributed by atoms with Crippen molar-refractivity contribution < 1.29 is 9.53 Å². The summed E-state index contributed by atoms with van der Waals surface area (Å²) in [6.45, 7) is -0.0576. The fourth-order valence-corrected chi connectivity index (χ4v) is 3.51. The lowest BCUT2D eigenvalue weighted by Crippen LogP contribution is -2.20. The van der Waals surface area contributed by atoms with Crippen LogP contribution in [0.5, 0.6) is 5.75 Å². The van der Waals surface area contributed by atoms with Crippen LogP contribution in [0, 0.1) is 0 Å². The maximum atomic E-state index is 12.0. The second-order valence-corrected chi connectivity index (χ2v) is 6.50. The summed E-state index contributed by atoms with van der Waals surface area (Å²) in [4.78, 5) is 16.3. The third kappa shape index (κ3) is 3.79. The highest BCUT2D eigenvalue weighted by molar-refractivity contribution is 9.10. The lowest BCUT2D eigenvalue weighted by molar-refractivity contribution is -0.118. The van der Waals surface area contributed by atoms with E-state index in [2.05, 4.69) is 31.7 Å². The van der Waals surface area contributed by atoms with E-state index in [1.54, 1.807) is 18.2 Å². The average molecular weight is 393 g/mol. The van der Waals surface area contributed by atoms with Crippen molar-refractivity contribution in [2.75, 3.05) is 17.3 Å². The first-order valence-electron chi connectivity index (χ1n) is 6.70. The van der Waals surface area contributed by atoms with Crippen molar-refractivity contribution in [2.24, 2.45) is 5.84 Å². The van der Waals surface area contributed by atoms with Crippen LogP contribution in [-0.4, -0.2) is 17.5 Å². The van der Waals surface area contributed by atoms with Crippen LogP contribution in [-0.2, 0) is 4.79 Å². The van der Waals surface area contributed by atoms with Crippen LogP contribution < -0.4 is 21.3 Å². The molecule has 2 aromatic carbocycles. The molecule has 0 aliphatic rings. The second-order valence-electron chi connectivity index (χ2n) is 4.62. The number of fused-ring (bicyclic) bond motifs is 1. The van der Waals surface area contributed by atoms with Crippen LogP contribution in [0.25, 0.3) is 10.2 Å². The molecule has 23 heavy (non-hydrogen) atoms. The van der Waals surface area contributed by atoms with Gasteiger partial charge in [-0.05, 0) is 40.2 Å². The Balaban J connectivity index is 1.69. The maximum Gasteiger partial charge on any atom is 0.262 e. The van der Waals surface area contributed by atoms with Gasteiger partial charge in [0.2, 0.25) is 0 Å². The fraction of sp³-hybridized carbons (Fsp3) is 0.0667. The monoisotopic (exact) mass is 392 g/mol. The highest BCUT2D eigenvalue weighted by Crippen LogP contribution is 2.33. The molecule has 0 spiro atoms. The number of benzene rings is 2. The summed E-state index contributed by atoms with van der Waals surface area (Å²) in [6.07, 6.45) is 0. The molecule has 0 saturated carbocycles. The summed E-state index contributed by atoms with van der Waals surface area (Å²) in [5.41, 5.74) is 3.98. The van der Waals surface area contributed by atoms with Gasteiger partial charge in [-0.1, -0.05) is 29.5 Å². The van der Waals surface area contributed by atoms with Gasteiger partial charge in [-0.2, -0.15) is 0 Å². The minimum Gasteiger partial charge on any atom is -0.484 e. The number of ether oxygens (including phenoxy) is 1. The number of hydrogen-bond acceptors (Lipinski definition) is 6. The minimum atomic E-state index is -0.234. The molecule has 8 heteroatoms. The summed E-state index contributed by atoms with van der Waals surface area (Å²) < 4.78 is 7.11. The number of nitrogens with one attached hydrogen (secondary N) is 2. The summed E-state index contributed by atoms with van der Waals surface area (Å²) in [5.74, 6) is 5.79. The number of hydrazine groups is 1. The summed E-state index contributed by atoms with van der Waals surface area (Å²) >= 11 is 4.85. The maximum absolute atomic E-state index is 12.0. The lowest BCUT2D eigenvalue weighted by atomic mass is 10.3. The molecule has 0 aliphatic carbocycles. The molecule has 0 radical (unpaired) electrons. The van der Waals surface area contributed by atoms with Crippen molar-refractivity contribution in [3.05, 3.63) is 46.9 Å². The number of carbonyl (C=O) groups excluding carboxylic acids is 1. The zero-order valence-corrected chi connectivity index (χ0v) is 14.3. The van der Waals surface area contributed by atoms with Gasteiger partial charge in [-0.3, -0.25) is 10.2 Å². The number of carbonyl (C=O) groups is 1. The fourth-order valence-electron chi connectivity index (χ4n) is 1.99. The number of amides is 1. The van der Waals surface area contributed by atoms with Crippen molar-refractivity contribution in [2.45, 2.75) is 0 Å². The number of nitrogen functional groups attached to an aromatic ring is 1. The molecule has 1 amide bonds. The number of para-hydroxylation sites is 1. The van der Waals surface area contributed by atoms with Crippen LogP contribution in [0.4, 0.5) is 10.8 Å². The van der Waals surface area contributed by atoms with Gasteiger partial charge in [0, 0.05) is 10.2 Å². The molecule has 118 valence electrons. The van der Waals surface area contributed by atoms with Gasteiger partial charge >= 0.3 is 0 Å². The van der Waals surface area contributed by atoms with Gasteiger partial charge in [0.1, 0.15) is 5.75 Å². The number of halogens is 1. The van der Waals surface area contributed by atoms with E-state index >= 15 is 0 Å². The largest absolute Gasteiger partial charge is 0.484 e. The van der Waals surface area contributed by atoms with Crippen LogP contribution in [0.15, 0.2) is 46.9 Å². The number of hydrogen-bond donors (Lipinski definition) is 3. The average Bonchev–Trinajstić information content (AvgIpc) is 2.98. The first-order chi connectivity index (χ1) is 11.2. The van der Waals surface area contributed by atoms with Gasteiger partial charge in [0.15, 0.2) is 11.7 Å². The Bertz CT molecular complexity index is 838. The molecule has 3 aromatic rings. The number of thiazole rings is 1. The van der Waals surface area contributed by atoms with Gasteiger partial charge in [0.05, 0.1) is 10.2 Å². The van der Waals surface area contributed by atoms with Gasteiger partial charge in [0.25, 0.3) is 5.91 Å². The van der Waals surface area contributed by atoms with E-state index in [1.807, 2.05) is 24.3 Å². The first-order valence-corrected chi connectivity index (χ1v) is 8.31. The Morgan fingerprint density at radius 1 is 1.30 bits per heavy atom. The van der Waals surface area contributed by atoms with E-state index in [-0.39, 0.29) is 12.5 Å². The highest BCUT2D eigenvalue weighted by Gasteiger charge is 2.10. The summed E-state index contributed by atoms with van der Waals surface area (Å²) in [6, 6.07) is 12.8.